The Morgan fingerprint density at radius 3 is 2.42 bits per heavy atom. The second-order valence-corrected chi connectivity index (χ2v) is 10.7. The number of benzene rings is 2. The van der Waals surface area contributed by atoms with Crippen LogP contribution in [0, 0.1) is 0 Å². The first-order chi connectivity index (χ1) is 17.4. The quantitative estimate of drug-likeness (QED) is 0.306. The van der Waals surface area contributed by atoms with Gasteiger partial charge in [-0.25, -0.2) is 18.2 Å². The molecule has 2 aromatic heterocycles. The molecule has 0 bridgehead atoms. The molecule has 0 spiro atoms. The van der Waals surface area contributed by atoms with E-state index in [2.05, 4.69) is 9.97 Å². The molecule has 2 heterocycles. The van der Waals surface area contributed by atoms with Crippen LogP contribution in [-0.4, -0.2) is 31.0 Å². The first kappa shape index (κ1) is 25.5. The van der Waals surface area contributed by atoms with Crippen LogP contribution in [0.4, 0.5) is 0 Å². The van der Waals surface area contributed by atoms with E-state index in [0.29, 0.717) is 17.3 Å². The highest BCUT2D eigenvalue weighted by molar-refractivity contribution is 7.90. The van der Waals surface area contributed by atoms with Crippen LogP contribution in [0.15, 0.2) is 81.8 Å². The molecule has 10 heteroatoms. The Labute approximate surface area is 212 Å². The monoisotopic (exact) mass is 524 g/mol. The molecule has 0 amide bonds. The smallest absolute Gasteiger partial charge is 0.340 e. The summed E-state index contributed by atoms with van der Waals surface area (Å²) in [4.78, 5) is 32.8. The van der Waals surface area contributed by atoms with Crippen molar-refractivity contribution in [2.24, 2.45) is 0 Å². The number of carbonyl (C=O) groups excluding carboxylic acids is 1. The van der Waals surface area contributed by atoms with Crippen molar-refractivity contribution in [2.45, 2.75) is 30.8 Å². The summed E-state index contributed by atoms with van der Waals surface area (Å²) in [6, 6.07) is 19.0. The largest absolute Gasteiger partial charge is 0.462 e. The van der Waals surface area contributed by atoms with Gasteiger partial charge in [0.1, 0.15) is 10.8 Å². The molecule has 0 aliphatic rings. The first-order valence-electron chi connectivity index (χ1n) is 11.1. The van der Waals surface area contributed by atoms with Crippen LogP contribution in [0.1, 0.15) is 33.5 Å². The zero-order chi connectivity index (χ0) is 25.5. The van der Waals surface area contributed by atoms with Gasteiger partial charge in [-0.2, -0.15) is 0 Å². The van der Waals surface area contributed by atoms with Gasteiger partial charge < -0.3 is 14.5 Å². The topological polar surface area (TPSA) is 115 Å². The SMILES string of the molecule is CCOC(=O)c1cc(-c2csc(CS(=O)(=O)c3ccccc3)n2)c(=O)[nH]c1COCc1ccccc1. The predicted octanol–water partition coefficient (Wildman–Crippen LogP) is 4.37. The maximum absolute atomic E-state index is 12.9. The Bertz CT molecular complexity index is 1500. The lowest BCUT2D eigenvalue weighted by Crippen LogP contribution is -2.19. The molecular weight excluding hydrogens is 500 g/mol. The van der Waals surface area contributed by atoms with Gasteiger partial charge in [0.2, 0.25) is 0 Å². The molecule has 0 radical (unpaired) electrons. The Morgan fingerprint density at radius 2 is 1.72 bits per heavy atom. The zero-order valence-electron chi connectivity index (χ0n) is 19.5. The van der Waals surface area contributed by atoms with E-state index in [1.54, 1.807) is 30.5 Å². The third-order valence-electron chi connectivity index (χ3n) is 5.22. The number of esters is 1. The van der Waals surface area contributed by atoms with Crippen molar-refractivity contribution >= 4 is 27.1 Å². The average Bonchev–Trinajstić information content (AvgIpc) is 3.33. The average molecular weight is 525 g/mol. The van der Waals surface area contributed by atoms with E-state index in [9.17, 15) is 18.0 Å². The Hall–Kier alpha value is -3.60. The fraction of sp³-hybridized carbons (Fsp3) is 0.192. The van der Waals surface area contributed by atoms with Gasteiger partial charge in [-0.3, -0.25) is 4.79 Å². The fourth-order valence-electron chi connectivity index (χ4n) is 3.48. The minimum absolute atomic E-state index is 0.00377. The fourth-order valence-corrected chi connectivity index (χ4v) is 5.93. The number of hydrogen-bond donors (Lipinski definition) is 1. The van der Waals surface area contributed by atoms with Crippen LogP contribution in [0.5, 0.6) is 0 Å². The number of rotatable bonds is 10. The molecule has 4 aromatic rings. The summed E-state index contributed by atoms with van der Waals surface area (Å²) in [5.74, 6) is -0.897. The lowest BCUT2D eigenvalue weighted by Gasteiger charge is -2.11. The lowest BCUT2D eigenvalue weighted by molar-refractivity contribution is 0.0514. The summed E-state index contributed by atoms with van der Waals surface area (Å²) in [5.41, 5.74) is 1.36. The van der Waals surface area contributed by atoms with E-state index in [-0.39, 0.29) is 40.7 Å². The predicted molar refractivity (Wildman–Crippen MR) is 136 cm³/mol. The standard InChI is InChI=1S/C26H24N2O6S2/c1-2-34-26(30)21-13-20(25(29)28-22(21)15-33-14-18-9-5-3-6-10-18)23-16-35-24(27-23)17-36(31,32)19-11-7-4-8-12-19/h3-13,16H,2,14-15,17H2,1H3,(H,28,29). The number of nitrogens with one attached hydrogen (secondary N) is 1. The molecule has 8 nitrogen and oxygen atoms in total. The van der Waals surface area contributed by atoms with Gasteiger partial charge in [0.25, 0.3) is 5.56 Å². The summed E-state index contributed by atoms with van der Waals surface area (Å²) in [7, 11) is -3.59. The molecule has 1 N–H and O–H groups in total. The minimum atomic E-state index is -3.59. The third kappa shape index (κ3) is 6.14. The molecule has 0 fully saturated rings. The Kier molecular flexibility index (Phi) is 8.09. The number of aromatic amines is 1. The van der Waals surface area contributed by atoms with E-state index in [0.717, 1.165) is 16.9 Å². The van der Waals surface area contributed by atoms with Gasteiger partial charge in [-0.1, -0.05) is 48.5 Å². The number of thiazole rings is 1. The summed E-state index contributed by atoms with van der Waals surface area (Å²) in [6.45, 7) is 2.15. The van der Waals surface area contributed by atoms with Crippen molar-refractivity contribution in [3.8, 4) is 11.3 Å². The van der Waals surface area contributed by atoms with Gasteiger partial charge >= 0.3 is 5.97 Å². The molecule has 0 saturated carbocycles. The minimum Gasteiger partial charge on any atom is -0.462 e. The molecule has 0 aliphatic heterocycles. The van der Waals surface area contributed by atoms with Crippen molar-refractivity contribution in [1.82, 2.24) is 9.97 Å². The molecule has 0 unspecified atom stereocenters. The molecule has 0 aliphatic carbocycles. The molecule has 186 valence electrons. The number of pyridine rings is 1. The Morgan fingerprint density at radius 1 is 1.03 bits per heavy atom. The lowest BCUT2D eigenvalue weighted by atomic mass is 10.1. The number of sulfone groups is 1. The van der Waals surface area contributed by atoms with Crippen LogP contribution in [-0.2, 0) is 38.3 Å². The molecule has 0 atom stereocenters. The van der Waals surface area contributed by atoms with Crippen molar-refractivity contribution in [2.75, 3.05) is 6.61 Å². The summed E-state index contributed by atoms with van der Waals surface area (Å²) in [6.07, 6.45) is 0. The highest BCUT2D eigenvalue weighted by atomic mass is 32.2. The van der Waals surface area contributed by atoms with Gasteiger partial charge in [0, 0.05) is 5.38 Å². The van der Waals surface area contributed by atoms with Gasteiger partial charge in [-0.15, -0.1) is 11.3 Å². The van der Waals surface area contributed by atoms with Crippen molar-refractivity contribution in [3.63, 3.8) is 0 Å². The summed E-state index contributed by atoms with van der Waals surface area (Å²) < 4.78 is 36.3. The van der Waals surface area contributed by atoms with E-state index >= 15 is 0 Å². The molecule has 0 saturated heterocycles. The number of hydrogen-bond acceptors (Lipinski definition) is 8. The molecule has 2 aromatic carbocycles. The number of ether oxygens (including phenoxy) is 2. The number of aromatic nitrogens is 2. The van der Waals surface area contributed by atoms with Crippen LogP contribution in [0.3, 0.4) is 0 Å². The van der Waals surface area contributed by atoms with Crippen LogP contribution in [0.2, 0.25) is 0 Å². The van der Waals surface area contributed by atoms with Gasteiger partial charge in [-0.05, 0) is 30.7 Å². The number of H-pyrrole nitrogens is 1. The highest BCUT2D eigenvalue weighted by Crippen LogP contribution is 2.24. The van der Waals surface area contributed by atoms with Crippen molar-refractivity contribution in [1.29, 1.82) is 0 Å². The van der Waals surface area contributed by atoms with Crippen molar-refractivity contribution < 1.29 is 22.7 Å². The zero-order valence-corrected chi connectivity index (χ0v) is 21.1. The van der Waals surface area contributed by atoms with Gasteiger partial charge in [0.15, 0.2) is 9.84 Å². The van der Waals surface area contributed by atoms with Crippen molar-refractivity contribution in [3.05, 3.63) is 104 Å². The Balaban J connectivity index is 1.59. The summed E-state index contributed by atoms with van der Waals surface area (Å²) >= 11 is 1.13. The maximum Gasteiger partial charge on any atom is 0.340 e. The maximum atomic E-state index is 12.9. The van der Waals surface area contributed by atoms with E-state index in [4.69, 9.17) is 9.47 Å². The number of carbonyl (C=O) groups is 1. The number of nitrogens with zero attached hydrogens (tertiary/aromatic N) is 1. The second kappa shape index (κ2) is 11.4. The second-order valence-electron chi connectivity index (χ2n) is 7.80. The molecule has 4 rings (SSSR count). The molecule has 36 heavy (non-hydrogen) atoms. The van der Waals surface area contributed by atoms with Crippen LogP contribution >= 0.6 is 11.3 Å². The third-order valence-corrected chi connectivity index (χ3v) is 7.90. The van der Waals surface area contributed by atoms with Crippen LogP contribution in [0.25, 0.3) is 11.3 Å². The normalized spacial score (nSPS) is 11.4. The van der Waals surface area contributed by atoms with Gasteiger partial charge in [0.05, 0.1) is 47.2 Å². The highest BCUT2D eigenvalue weighted by Gasteiger charge is 2.21. The van der Waals surface area contributed by atoms with E-state index in [1.165, 1.54) is 18.2 Å². The molecular formula is C26H24N2O6S2. The van der Waals surface area contributed by atoms with E-state index in [1.807, 2.05) is 30.3 Å². The summed E-state index contributed by atoms with van der Waals surface area (Å²) in [5, 5.41) is 1.93. The van der Waals surface area contributed by atoms with Crippen LogP contribution < -0.4 is 5.56 Å². The van der Waals surface area contributed by atoms with E-state index < -0.39 is 21.4 Å². The first-order valence-corrected chi connectivity index (χ1v) is 13.7.